The largest absolute Gasteiger partial charge is 0.245 e. The van der Waals surface area contributed by atoms with Crippen LogP contribution in [0.1, 0.15) is 5.69 Å². The summed E-state index contributed by atoms with van der Waals surface area (Å²) < 4.78 is 26.2. The Morgan fingerprint density at radius 1 is 1.22 bits per heavy atom. The number of aromatic nitrogens is 3. The van der Waals surface area contributed by atoms with Crippen LogP contribution in [0.25, 0.3) is 0 Å². The van der Waals surface area contributed by atoms with Gasteiger partial charge in [0.25, 0.3) is 0 Å². The maximum Gasteiger partial charge on any atom is 0.242 e. The molecule has 2 heterocycles. The number of sulfonamides is 1. The van der Waals surface area contributed by atoms with Crippen molar-refractivity contribution in [2.45, 2.75) is 11.4 Å². The number of nitrogens with zero attached hydrogens (tertiary/aromatic N) is 3. The SMILES string of the molecule is O=S(=O)(NCc1ccncn1)c1ccc(Cl)nc1. The second kappa shape index (κ2) is 5.38. The predicted octanol–water partition coefficient (Wildman–Crippen LogP) is 1.00. The lowest BCUT2D eigenvalue weighted by Crippen LogP contribution is -2.23. The molecule has 2 aromatic rings. The van der Waals surface area contributed by atoms with Crippen LogP contribution >= 0.6 is 11.6 Å². The highest BCUT2D eigenvalue weighted by molar-refractivity contribution is 7.89. The highest BCUT2D eigenvalue weighted by Gasteiger charge is 2.14. The van der Waals surface area contributed by atoms with E-state index in [1.165, 1.54) is 24.7 Å². The maximum absolute atomic E-state index is 11.9. The lowest BCUT2D eigenvalue weighted by Gasteiger charge is -2.05. The van der Waals surface area contributed by atoms with Crippen LogP contribution in [0.15, 0.2) is 41.8 Å². The van der Waals surface area contributed by atoms with Crippen LogP contribution in [-0.2, 0) is 16.6 Å². The molecule has 0 fully saturated rings. The lowest BCUT2D eigenvalue weighted by molar-refractivity contribution is 0.580. The molecule has 0 radical (unpaired) electrons. The van der Waals surface area contributed by atoms with Crippen LogP contribution in [-0.4, -0.2) is 23.4 Å². The standard InChI is InChI=1S/C10H9ClN4O2S/c11-10-2-1-9(6-13-10)18(16,17)15-5-8-3-4-12-7-14-8/h1-4,6-7,15H,5H2. The van der Waals surface area contributed by atoms with Crippen molar-refractivity contribution in [3.8, 4) is 0 Å². The van der Waals surface area contributed by atoms with Crippen molar-refractivity contribution in [3.05, 3.63) is 47.8 Å². The van der Waals surface area contributed by atoms with E-state index < -0.39 is 10.0 Å². The van der Waals surface area contributed by atoms with Gasteiger partial charge in [-0.3, -0.25) is 0 Å². The minimum absolute atomic E-state index is 0.0564. The normalized spacial score (nSPS) is 11.4. The van der Waals surface area contributed by atoms with Gasteiger partial charge in [0.15, 0.2) is 0 Å². The van der Waals surface area contributed by atoms with E-state index in [0.29, 0.717) is 5.69 Å². The number of hydrogen-bond donors (Lipinski definition) is 1. The fourth-order valence-electron chi connectivity index (χ4n) is 1.20. The topological polar surface area (TPSA) is 84.8 Å². The Labute approximate surface area is 109 Å². The number of pyridine rings is 1. The number of rotatable bonds is 4. The fourth-order valence-corrected chi connectivity index (χ4v) is 2.25. The van der Waals surface area contributed by atoms with Crippen molar-refractivity contribution >= 4 is 21.6 Å². The van der Waals surface area contributed by atoms with Crippen molar-refractivity contribution in [1.29, 1.82) is 0 Å². The maximum atomic E-state index is 11.9. The van der Waals surface area contributed by atoms with Gasteiger partial charge in [-0.05, 0) is 18.2 Å². The van der Waals surface area contributed by atoms with Gasteiger partial charge in [-0.15, -0.1) is 0 Å². The Morgan fingerprint density at radius 3 is 2.67 bits per heavy atom. The quantitative estimate of drug-likeness (QED) is 0.847. The molecule has 2 rings (SSSR count). The number of hydrogen-bond acceptors (Lipinski definition) is 5. The molecule has 0 aliphatic carbocycles. The zero-order valence-electron chi connectivity index (χ0n) is 9.12. The Bertz CT molecular complexity index is 616. The van der Waals surface area contributed by atoms with Gasteiger partial charge >= 0.3 is 0 Å². The molecule has 0 bridgehead atoms. The molecule has 0 unspecified atom stereocenters. The van der Waals surface area contributed by atoms with Gasteiger partial charge in [0.2, 0.25) is 10.0 Å². The highest BCUT2D eigenvalue weighted by atomic mass is 35.5. The summed E-state index contributed by atoms with van der Waals surface area (Å²) in [7, 11) is -3.61. The molecule has 0 aliphatic rings. The molecule has 0 amide bonds. The molecule has 0 aromatic carbocycles. The van der Waals surface area contributed by atoms with Gasteiger partial charge in [0, 0.05) is 12.4 Å². The molecule has 0 aliphatic heterocycles. The molecule has 0 spiro atoms. The number of nitrogens with one attached hydrogen (secondary N) is 1. The van der Waals surface area contributed by atoms with Gasteiger partial charge in [0.05, 0.1) is 12.2 Å². The van der Waals surface area contributed by atoms with Gasteiger partial charge in [-0.1, -0.05) is 11.6 Å². The van der Waals surface area contributed by atoms with Crippen molar-refractivity contribution in [2.24, 2.45) is 0 Å². The van der Waals surface area contributed by atoms with Crippen molar-refractivity contribution < 1.29 is 8.42 Å². The van der Waals surface area contributed by atoms with Crippen LogP contribution in [0.5, 0.6) is 0 Å². The smallest absolute Gasteiger partial charge is 0.242 e. The van der Waals surface area contributed by atoms with Gasteiger partial charge in [0.1, 0.15) is 16.4 Å². The minimum Gasteiger partial charge on any atom is -0.245 e. The van der Waals surface area contributed by atoms with Gasteiger partial charge in [-0.25, -0.2) is 28.1 Å². The van der Waals surface area contributed by atoms with Gasteiger partial charge < -0.3 is 0 Å². The first-order chi connectivity index (χ1) is 8.58. The van der Waals surface area contributed by atoms with Crippen LogP contribution in [0.2, 0.25) is 5.15 Å². The van der Waals surface area contributed by atoms with Crippen molar-refractivity contribution in [1.82, 2.24) is 19.7 Å². The molecule has 6 nitrogen and oxygen atoms in total. The molecule has 2 aromatic heterocycles. The van der Waals surface area contributed by atoms with Crippen LogP contribution < -0.4 is 4.72 Å². The first-order valence-electron chi connectivity index (χ1n) is 4.94. The molecule has 18 heavy (non-hydrogen) atoms. The van der Waals surface area contributed by atoms with Crippen LogP contribution in [0, 0.1) is 0 Å². The van der Waals surface area contributed by atoms with Crippen LogP contribution in [0.4, 0.5) is 0 Å². The Kier molecular flexibility index (Phi) is 3.85. The molecule has 0 saturated carbocycles. The summed E-state index contributed by atoms with van der Waals surface area (Å²) >= 11 is 5.59. The van der Waals surface area contributed by atoms with E-state index in [1.54, 1.807) is 12.3 Å². The van der Waals surface area contributed by atoms with Crippen LogP contribution in [0.3, 0.4) is 0 Å². The minimum atomic E-state index is -3.61. The molecule has 8 heteroatoms. The first-order valence-corrected chi connectivity index (χ1v) is 6.80. The lowest BCUT2D eigenvalue weighted by atomic mass is 10.4. The fraction of sp³-hybridized carbons (Fsp3) is 0.100. The molecule has 0 atom stereocenters. The molecule has 94 valence electrons. The summed E-state index contributed by atoms with van der Waals surface area (Å²) in [6, 6.07) is 4.43. The second-order valence-electron chi connectivity index (χ2n) is 3.34. The number of halogens is 1. The molecule has 1 N–H and O–H groups in total. The summed E-state index contributed by atoms with van der Waals surface area (Å²) in [4.78, 5) is 11.4. The van der Waals surface area contributed by atoms with Gasteiger partial charge in [-0.2, -0.15) is 0 Å². The third-order valence-electron chi connectivity index (χ3n) is 2.10. The second-order valence-corrected chi connectivity index (χ2v) is 5.50. The van der Waals surface area contributed by atoms with E-state index in [-0.39, 0.29) is 16.6 Å². The summed E-state index contributed by atoms with van der Waals surface area (Å²) in [5.74, 6) is 0. The Hall–Kier alpha value is -1.57. The third kappa shape index (κ3) is 3.22. The predicted molar refractivity (Wildman–Crippen MR) is 65.3 cm³/mol. The van der Waals surface area contributed by atoms with Crippen molar-refractivity contribution in [2.75, 3.05) is 0 Å². The Morgan fingerprint density at radius 2 is 2.06 bits per heavy atom. The summed E-state index contributed by atoms with van der Waals surface area (Å²) in [6.07, 6.45) is 4.10. The average molecular weight is 285 g/mol. The van der Waals surface area contributed by atoms with E-state index >= 15 is 0 Å². The first kappa shape index (κ1) is 12.9. The zero-order chi connectivity index (χ0) is 13.0. The average Bonchev–Trinajstić information content (AvgIpc) is 2.38. The zero-order valence-corrected chi connectivity index (χ0v) is 10.7. The molecule has 0 saturated heterocycles. The molecular formula is C10H9ClN4O2S. The summed E-state index contributed by atoms with van der Waals surface area (Å²) in [5.41, 5.74) is 0.579. The van der Waals surface area contributed by atoms with E-state index in [0.717, 1.165) is 0 Å². The van der Waals surface area contributed by atoms with Crippen molar-refractivity contribution in [3.63, 3.8) is 0 Å². The van der Waals surface area contributed by atoms with E-state index in [1.807, 2.05) is 0 Å². The van der Waals surface area contributed by atoms with E-state index in [2.05, 4.69) is 19.7 Å². The van der Waals surface area contributed by atoms with E-state index in [4.69, 9.17) is 11.6 Å². The van der Waals surface area contributed by atoms with E-state index in [9.17, 15) is 8.42 Å². The summed E-state index contributed by atoms with van der Waals surface area (Å²) in [5, 5.41) is 0.241. The molecular weight excluding hydrogens is 276 g/mol. The Balaban J connectivity index is 2.11. The highest BCUT2D eigenvalue weighted by Crippen LogP contribution is 2.10. The third-order valence-corrected chi connectivity index (χ3v) is 3.71. The summed E-state index contributed by atoms with van der Waals surface area (Å²) in [6.45, 7) is 0.0908. The monoisotopic (exact) mass is 284 g/mol.